The predicted octanol–water partition coefficient (Wildman–Crippen LogP) is 1.45. The number of ether oxygens (including phenoxy) is 1. The van der Waals surface area contributed by atoms with Crippen molar-refractivity contribution in [1.82, 2.24) is 10.2 Å². The van der Waals surface area contributed by atoms with Crippen molar-refractivity contribution in [2.24, 2.45) is 0 Å². The molecule has 8 heteroatoms. The first-order valence-corrected chi connectivity index (χ1v) is 10.1. The average Bonchev–Trinajstić information content (AvgIpc) is 2.60. The van der Waals surface area contributed by atoms with E-state index in [0.29, 0.717) is 25.3 Å². The monoisotopic (exact) mass is 409 g/mol. The SMILES string of the molecule is CC(=O)SCCN(CCc1ccccc1)C(=O)NC(COC(C)(C)C)C(=O)[O-]. The molecule has 0 heterocycles. The van der Waals surface area contributed by atoms with Crippen molar-refractivity contribution in [3.8, 4) is 0 Å². The maximum absolute atomic E-state index is 12.7. The average molecular weight is 410 g/mol. The summed E-state index contributed by atoms with van der Waals surface area (Å²) in [5.74, 6) is -0.967. The highest BCUT2D eigenvalue weighted by Gasteiger charge is 2.21. The van der Waals surface area contributed by atoms with Crippen LogP contribution in [0.1, 0.15) is 33.3 Å². The number of thioether (sulfide) groups is 1. The van der Waals surface area contributed by atoms with Crippen LogP contribution in [0.2, 0.25) is 0 Å². The topological polar surface area (TPSA) is 98.8 Å². The second kappa shape index (κ2) is 11.7. The Bertz CT molecular complexity index is 646. The van der Waals surface area contributed by atoms with E-state index >= 15 is 0 Å². The van der Waals surface area contributed by atoms with E-state index in [0.717, 1.165) is 17.3 Å². The fourth-order valence-corrected chi connectivity index (χ4v) is 2.86. The van der Waals surface area contributed by atoms with E-state index in [1.807, 2.05) is 30.3 Å². The predicted molar refractivity (Wildman–Crippen MR) is 108 cm³/mol. The van der Waals surface area contributed by atoms with Crippen LogP contribution in [-0.2, 0) is 20.7 Å². The Hall–Kier alpha value is -2.06. The van der Waals surface area contributed by atoms with Crippen molar-refractivity contribution in [3.63, 3.8) is 0 Å². The highest BCUT2D eigenvalue weighted by atomic mass is 32.2. The maximum Gasteiger partial charge on any atom is 0.318 e. The third kappa shape index (κ3) is 10.3. The van der Waals surface area contributed by atoms with Crippen LogP contribution in [0.25, 0.3) is 0 Å². The Balaban J connectivity index is 2.73. The van der Waals surface area contributed by atoms with Crippen molar-refractivity contribution >= 4 is 28.9 Å². The number of carbonyl (C=O) groups excluding carboxylic acids is 3. The van der Waals surface area contributed by atoms with Crippen LogP contribution in [0.5, 0.6) is 0 Å². The molecular weight excluding hydrogens is 380 g/mol. The lowest BCUT2D eigenvalue weighted by molar-refractivity contribution is -0.309. The van der Waals surface area contributed by atoms with Gasteiger partial charge in [0.2, 0.25) is 0 Å². The number of carboxylic acid groups (broad SMARTS) is 1. The molecule has 0 saturated carbocycles. The van der Waals surface area contributed by atoms with Crippen LogP contribution in [-0.4, -0.2) is 59.1 Å². The molecule has 1 atom stereocenters. The lowest BCUT2D eigenvalue weighted by Gasteiger charge is -2.29. The van der Waals surface area contributed by atoms with Crippen molar-refractivity contribution in [1.29, 1.82) is 0 Å². The van der Waals surface area contributed by atoms with Crippen molar-refractivity contribution < 1.29 is 24.2 Å². The van der Waals surface area contributed by atoms with Crippen LogP contribution >= 0.6 is 11.8 Å². The van der Waals surface area contributed by atoms with Gasteiger partial charge >= 0.3 is 6.03 Å². The van der Waals surface area contributed by atoms with Crippen LogP contribution < -0.4 is 10.4 Å². The summed E-state index contributed by atoms with van der Waals surface area (Å²) in [4.78, 5) is 36.7. The normalized spacial score (nSPS) is 12.3. The number of aliphatic carboxylic acids is 1. The summed E-state index contributed by atoms with van der Waals surface area (Å²) in [7, 11) is 0. The molecule has 0 bridgehead atoms. The number of amides is 2. The van der Waals surface area contributed by atoms with Crippen LogP contribution in [0, 0.1) is 0 Å². The zero-order chi connectivity index (χ0) is 21.2. The van der Waals surface area contributed by atoms with E-state index < -0.39 is 23.6 Å². The number of urea groups is 1. The van der Waals surface area contributed by atoms with Crippen molar-refractivity contribution in [2.75, 3.05) is 25.4 Å². The number of carbonyl (C=O) groups is 3. The first-order valence-electron chi connectivity index (χ1n) is 9.16. The molecule has 1 unspecified atom stereocenters. The second-order valence-electron chi connectivity index (χ2n) is 7.31. The van der Waals surface area contributed by atoms with Gasteiger partial charge < -0.3 is 24.9 Å². The van der Waals surface area contributed by atoms with E-state index in [-0.39, 0.29) is 11.7 Å². The highest BCUT2D eigenvalue weighted by molar-refractivity contribution is 8.13. The summed E-state index contributed by atoms with van der Waals surface area (Å²) in [6, 6.07) is 7.89. The fourth-order valence-electron chi connectivity index (χ4n) is 2.27. The molecule has 0 aromatic heterocycles. The lowest BCUT2D eigenvalue weighted by Crippen LogP contribution is -2.55. The van der Waals surface area contributed by atoms with Gasteiger partial charge in [-0.3, -0.25) is 4.79 Å². The fraction of sp³-hybridized carbons (Fsp3) is 0.550. The summed E-state index contributed by atoms with van der Waals surface area (Å²) in [6.45, 7) is 7.39. The van der Waals surface area contributed by atoms with E-state index in [9.17, 15) is 19.5 Å². The van der Waals surface area contributed by atoms with E-state index in [2.05, 4.69) is 5.32 Å². The Morgan fingerprint density at radius 3 is 2.36 bits per heavy atom. The molecule has 1 aromatic rings. The maximum atomic E-state index is 12.7. The summed E-state index contributed by atoms with van der Waals surface area (Å²) in [6.07, 6.45) is 0.619. The summed E-state index contributed by atoms with van der Waals surface area (Å²) >= 11 is 1.12. The van der Waals surface area contributed by atoms with E-state index in [1.165, 1.54) is 11.8 Å². The summed E-state index contributed by atoms with van der Waals surface area (Å²) in [5.41, 5.74) is 0.524. The standard InChI is InChI=1S/C20H30N2O5S/c1-15(23)28-13-12-22(11-10-16-8-6-5-7-9-16)19(26)21-17(18(24)25)14-27-20(2,3)4/h5-9,17H,10-14H2,1-4H3,(H,21,26)(H,24,25)/p-1. The van der Waals surface area contributed by atoms with Gasteiger partial charge in [0.1, 0.15) is 0 Å². The molecule has 156 valence electrons. The number of nitrogens with one attached hydrogen (secondary N) is 1. The van der Waals surface area contributed by atoms with Crippen LogP contribution in [0.15, 0.2) is 30.3 Å². The number of carboxylic acids is 1. The van der Waals surface area contributed by atoms with Gasteiger partial charge in [0.05, 0.1) is 24.2 Å². The van der Waals surface area contributed by atoms with Crippen molar-refractivity contribution in [3.05, 3.63) is 35.9 Å². The molecule has 0 radical (unpaired) electrons. The molecule has 2 amide bonds. The molecule has 0 aliphatic carbocycles. The van der Waals surface area contributed by atoms with E-state index in [4.69, 9.17) is 4.74 Å². The van der Waals surface area contributed by atoms with Crippen molar-refractivity contribution in [2.45, 2.75) is 45.8 Å². The molecule has 0 fully saturated rings. The molecular formula is C20H29N2O5S-. The van der Waals surface area contributed by atoms with Gasteiger partial charge in [-0.05, 0) is 32.8 Å². The molecule has 0 aliphatic heterocycles. The minimum Gasteiger partial charge on any atom is -0.548 e. The van der Waals surface area contributed by atoms with Gasteiger partial charge in [-0.1, -0.05) is 42.1 Å². The molecule has 28 heavy (non-hydrogen) atoms. The second-order valence-corrected chi connectivity index (χ2v) is 8.58. The number of nitrogens with zero attached hydrogens (tertiary/aromatic N) is 1. The van der Waals surface area contributed by atoms with Gasteiger partial charge in [0.15, 0.2) is 5.12 Å². The van der Waals surface area contributed by atoms with Crippen LogP contribution in [0.4, 0.5) is 4.79 Å². The third-order valence-electron chi connectivity index (χ3n) is 3.73. The Morgan fingerprint density at radius 1 is 1.18 bits per heavy atom. The van der Waals surface area contributed by atoms with Gasteiger partial charge in [-0.15, -0.1) is 0 Å². The zero-order valence-electron chi connectivity index (χ0n) is 16.9. The largest absolute Gasteiger partial charge is 0.548 e. The zero-order valence-corrected chi connectivity index (χ0v) is 17.7. The highest BCUT2D eigenvalue weighted by Crippen LogP contribution is 2.09. The number of rotatable bonds is 10. The van der Waals surface area contributed by atoms with E-state index in [1.54, 1.807) is 20.8 Å². The lowest BCUT2D eigenvalue weighted by atomic mass is 10.1. The Labute approximate surface area is 170 Å². The summed E-state index contributed by atoms with van der Waals surface area (Å²) in [5, 5.41) is 13.8. The minimum absolute atomic E-state index is 0.0328. The first kappa shape index (κ1) is 24.0. The minimum atomic E-state index is -1.40. The number of hydrogen-bond donors (Lipinski definition) is 1. The van der Waals surface area contributed by atoms with Gasteiger partial charge in [0, 0.05) is 25.8 Å². The Morgan fingerprint density at radius 2 is 1.82 bits per heavy atom. The smallest absolute Gasteiger partial charge is 0.318 e. The molecule has 1 rings (SSSR count). The molecule has 0 aliphatic rings. The summed E-state index contributed by atoms with van der Waals surface area (Å²) < 4.78 is 5.47. The Kier molecular flexibility index (Phi) is 10.0. The molecule has 0 spiro atoms. The number of benzene rings is 1. The molecule has 7 nitrogen and oxygen atoms in total. The van der Waals surface area contributed by atoms with Gasteiger partial charge in [-0.25, -0.2) is 4.79 Å². The quantitative estimate of drug-likeness (QED) is 0.628. The van der Waals surface area contributed by atoms with Crippen LogP contribution in [0.3, 0.4) is 0 Å². The number of hydrogen-bond acceptors (Lipinski definition) is 6. The molecule has 0 saturated heterocycles. The first-order chi connectivity index (χ1) is 13.1. The van der Waals surface area contributed by atoms with Gasteiger partial charge in [-0.2, -0.15) is 0 Å². The molecule has 1 aromatic carbocycles. The molecule has 1 N–H and O–H groups in total. The van der Waals surface area contributed by atoms with Gasteiger partial charge in [0.25, 0.3) is 0 Å². The third-order valence-corrected chi connectivity index (χ3v) is 4.53.